The average Bonchev–Trinajstić information content (AvgIpc) is 2.24. The van der Waals surface area contributed by atoms with Gasteiger partial charge in [0.15, 0.2) is 0 Å². The molecule has 6 heteroatoms. The van der Waals surface area contributed by atoms with Crippen molar-refractivity contribution in [3.63, 3.8) is 0 Å². The van der Waals surface area contributed by atoms with Crippen molar-refractivity contribution in [2.75, 3.05) is 26.2 Å². The number of esters is 1. The number of alkyl carbamates (subject to hydrolysis) is 1. The topological polar surface area (TPSA) is 67.9 Å². The molecule has 1 fully saturated rings. The molecular formula is C15H28N2O4. The maximum atomic E-state index is 11.8. The van der Waals surface area contributed by atoms with Crippen molar-refractivity contribution in [1.29, 1.82) is 0 Å². The molecule has 1 rings (SSSR count). The Morgan fingerprint density at radius 1 is 1.29 bits per heavy atom. The van der Waals surface area contributed by atoms with Crippen LogP contribution in [0.4, 0.5) is 4.79 Å². The zero-order valence-electron chi connectivity index (χ0n) is 13.8. The van der Waals surface area contributed by atoms with E-state index in [2.05, 4.69) is 12.2 Å². The number of hydrogen-bond acceptors (Lipinski definition) is 5. The maximum absolute atomic E-state index is 11.8. The number of likely N-dealkylation sites (tertiary alicyclic amines) is 1. The molecule has 6 nitrogen and oxygen atoms in total. The molecule has 1 amide bonds. The van der Waals surface area contributed by atoms with Gasteiger partial charge in [-0.1, -0.05) is 6.92 Å². The molecule has 1 N–H and O–H groups in total. The number of nitrogens with zero attached hydrogens (tertiary/aromatic N) is 1. The standard InChI is InChI=1S/C15H28N2O4/c1-6-20-13(18)10-17-8-11(2)7-12(9-17)16-14(19)21-15(3,4)5/h11-12H,6-10H2,1-5H3,(H,16,19). The fourth-order valence-electron chi connectivity index (χ4n) is 2.56. The third kappa shape index (κ3) is 7.32. The fraction of sp³-hybridized carbons (Fsp3) is 0.867. The molecule has 122 valence electrons. The van der Waals surface area contributed by atoms with Gasteiger partial charge in [0.05, 0.1) is 13.2 Å². The van der Waals surface area contributed by atoms with Crippen LogP contribution in [-0.4, -0.2) is 54.8 Å². The van der Waals surface area contributed by atoms with Crippen LogP contribution in [0.15, 0.2) is 0 Å². The van der Waals surface area contributed by atoms with Crippen LogP contribution in [0.1, 0.15) is 41.0 Å². The monoisotopic (exact) mass is 300 g/mol. The molecule has 21 heavy (non-hydrogen) atoms. The lowest BCUT2D eigenvalue weighted by atomic mass is 9.96. The molecule has 1 aliphatic heterocycles. The second-order valence-corrected chi connectivity index (χ2v) is 6.68. The molecule has 0 aromatic heterocycles. The number of carbonyl (C=O) groups excluding carboxylic acids is 2. The van der Waals surface area contributed by atoms with E-state index in [-0.39, 0.29) is 18.6 Å². The highest BCUT2D eigenvalue weighted by molar-refractivity contribution is 5.71. The summed E-state index contributed by atoms with van der Waals surface area (Å²) in [6, 6.07) is -0.00183. The summed E-state index contributed by atoms with van der Waals surface area (Å²) in [7, 11) is 0. The van der Waals surface area contributed by atoms with Gasteiger partial charge in [-0.25, -0.2) is 4.79 Å². The summed E-state index contributed by atoms with van der Waals surface area (Å²) >= 11 is 0. The number of nitrogens with one attached hydrogen (secondary N) is 1. The van der Waals surface area contributed by atoms with Crippen molar-refractivity contribution < 1.29 is 19.1 Å². The molecule has 0 aromatic rings. The van der Waals surface area contributed by atoms with Crippen molar-refractivity contribution in [2.24, 2.45) is 5.92 Å². The lowest BCUT2D eigenvalue weighted by molar-refractivity contribution is -0.144. The van der Waals surface area contributed by atoms with E-state index in [1.807, 2.05) is 25.7 Å². The first-order chi connectivity index (χ1) is 9.69. The first-order valence-electron chi connectivity index (χ1n) is 7.57. The Balaban J connectivity index is 2.48. The lowest BCUT2D eigenvalue weighted by Gasteiger charge is -2.36. The van der Waals surface area contributed by atoms with Gasteiger partial charge in [-0.05, 0) is 40.0 Å². The number of amides is 1. The molecule has 2 unspecified atom stereocenters. The predicted molar refractivity (Wildman–Crippen MR) is 80.0 cm³/mol. The van der Waals surface area contributed by atoms with E-state index in [0.29, 0.717) is 19.1 Å². The van der Waals surface area contributed by atoms with Gasteiger partial charge in [0.2, 0.25) is 0 Å². The summed E-state index contributed by atoms with van der Waals surface area (Å²) in [5, 5.41) is 2.89. The summed E-state index contributed by atoms with van der Waals surface area (Å²) < 4.78 is 10.2. The molecule has 1 saturated heterocycles. The molecule has 0 aliphatic carbocycles. The van der Waals surface area contributed by atoms with Crippen molar-refractivity contribution in [2.45, 2.75) is 52.7 Å². The minimum atomic E-state index is -0.505. The summed E-state index contributed by atoms with van der Waals surface area (Å²) in [5.41, 5.74) is -0.505. The van der Waals surface area contributed by atoms with Crippen LogP contribution in [0.2, 0.25) is 0 Å². The molecule has 0 aromatic carbocycles. The van der Waals surface area contributed by atoms with Crippen LogP contribution in [0.5, 0.6) is 0 Å². The number of piperidine rings is 1. The smallest absolute Gasteiger partial charge is 0.407 e. The van der Waals surface area contributed by atoms with Crippen molar-refractivity contribution in [1.82, 2.24) is 10.2 Å². The summed E-state index contributed by atoms with van der Waals surface area (Å²) in [4.78, 5) is 25.4. The van der Waals surface area contributed by atoms with E-state index in [1.54, 1.807) is 6.92 Å². The highest BCUT2D eigenvalue weighted by Gasteiger charge is 2.28. The average molecular weight is 300 g/mol. The number of rotatable bonds is 4. The minimum Gasteiger partial charge on any atom is -0.465 e. The second-order valence-electron chi connectivity index (χ2n) is 6.68. The second kappa shape index (κ2) is 7.64. The lowest BCUT2D eigenvalue weighted by Crippen LogP contribution is -2.52. The SMILES string of the molecule is CCOC(=O)CN1CC(C)CC(NC(=O)OC(C)(C)C)C1. The van der Waals surface area contributed by atoms with Gasteiger partial charge < -0.3 is 14.8 Å². The molecule has 0 saturated carbocycles. The first-order valence-corrected chi connectivity index (χ1v) is 7.57. The zero-order valence-corrected chi connectivity index (χ0v) is 13.8. The fourth-order valence-corrected chi connectivity index (χ4v) is 2.56. The van der Waals surface area contributed by atoms with Crippen LogP contribution < -0.4 is 5.32 Å². The molecular weight excluding hydrogens is 272 g/mol. The molecule has 0 bridgehead atoms. The Morgan fingerprint density at radius 3 is 2.52 bits per heavy atom. The third-order valence-electron chi connectivity index (χ3n) is 3.11. The van der Waals surface area contributed by atoms with Crippen molar-refractivity contribution in [3.8, 4) is 0 Å². The Morgan fingerprint density at radius 2 is 1.95 bits per heavy atom. The van der Waals surface area contributed by atoms with Crippen LogP contribution in [0, 0.1) is 5.92 Å². The third-order valence-corrected chi connectivity index (χ3v) is 3.11. The summed E-state index contributed by atoms with van der Waals surface area (Å²) in [6.45, 7) is 11.6. The maximum Gasteiger partial charge on any atom is 0.407 e. The Labute approximate surface area is 127 Å². The molecule has 1 aliphatic rings. The van der Waals surface area contributed by atoms with Crippen LogP contribution in [0.25, 0.3) is 0 Å². The normalized spacial score (nSPS) is 23.5. The van der Waals surface area contributed by atoms with Crippen LogP contribution in [0.3, 0.4) is 0 Å². The molecule has 1 heterocycles. The highest BCUT2D eigenvalue weighted by Crippen LogP contribution is 2.17. The quantitative estimate of drug-likeness (QED) is 0.802. The van der Waals surface area contributed by atoms with E-state index < -0.39 is 11.7 Å². The van der Waals surface area contributed by atoms with Gasteiger partial charge in [0, 0.05) is 19.1 Å². The molecule has 0 radical (unpaired) electrons. The number of hydrogen-bond donors (Lipinski definition) is 1. The largest absolute Gasteiger partial charge is 0.465 e. The first kappa shape index (κ1) is 17.8. The Hall–Kier alpha value is -1.30. The van der Waals surface area contributed by atoms with Crippen molar-refractivity contribution >= 4 is 12.1 Å². The molecule has 2 atom stereocenters. The molecule has 0 spiro atoms. The van der Waals surface area contributed by atoms with E-state index in [1.165, 1.54) is 0 Å². The van der Waals surface area contributed by atoms with Gasteiger partial charge in [-0.2, -0.15) is 0 Å². The zero-order chi connectivity index (χ0) is 16.0. The van der Waals surface area contributed by atoms with Gasteiger partial charge in [0.25, 0.3) is 0 Å². The summed E-state index contributed by atoms with van der Waals surface area (Å²) in [5.74, 6) is 0.190. The van der Waals surface area contributed by atoms with Gasteiger partial charge >= 0.3 is 12.1 Å². The highest BCUT2D eigenvalue weighted by atomic mass is 16.6. The predicted octanol–water partition coefficient (Wildman–Crippen LogP) is 1.78. The van der Waals surface area contributed by atoms with Crippen LogP contribution >= 0.6 is 0 Å². The van der Waals surface area contributed by atoms with E-state index in [4.69, 9.17) is 9.47 Å². The minimum absolute atomic E-state index is 0.00183. The van der Waals surface area contributed by atoms with Crippen LogP contribution in [-0.2, 0) is 14.3 Å². The van der Waals surface area contributed by atoms with E-state index in [0.717, 1.165) is 13.0 Å². The van der Waals surface area contributed by atoms with Gasteiger partial charge in [0.1, 0.15) is 5.60 Å². The summed E-state index contributed by atoms with van der Waals surface area (Å²) in [6.07, 6.45) is 0.483. The van der Waals surface area contributed by atoms with Crippen molar-refractivity contribution in [3.05, 3.63) is 0 Å². The van der Waals surface area contributed by atoms with E-state index >= 15 is 0 Å². The Bertz CT molecular complexity index is 365. The van der Waals surface area contributed by atoms with Gasteiger partial charge in [-0.15, -0.1) is 0 Å². The number of carbonyl (C=O) groups is 2. The van der Waals surface area contributed by atoms with E-state index in [9.17, 15) is 9.59 Å². The van der Waals surface area contributed by atoms with Gasteiger partial charge in [-0.3, -0.25) is 9.69 Å². The Kier molecular flexibility index (Phi) is 6.45. The number of ether oxygens (including phenoxy) is 2.